The highest BCUT2D eigenvalue weighted by Gasteiger charge is 2.44. The molecule has 4 aromatic rings. The SMILES string of the molecule is CCCOc1ccc(C2c3c(oc4cc(C)c(C)cc4c3=O)C(=O)N2c2ccccn2)cc1OCC. The minimum Gasteiger partial charge on any atom is -0.490 e. The van der Waals surface area contributed by atoms with Crippen LogP contribution in [0.3, 0.4) is 0 Å². The lowest BCUT2D eigenvalue weighted by atomic mass is 9.97. The molecule has 0 saturated heterocycles. The van der Waals surface area contributed by atoms with Gasteiger partial charge in [0.1, 0.15) is 11.4 Å². The number of anilines is 1. The van der Waals surface area contributed by atoms with E-state index in [-0.39, 0.29) is 11.2 Å². The van der Waals surface area contributed by atoms with Crippen molar-refractivity contribution in [3.05, 3.63) is 93.0 Å². The molecule has 7 nitrogen and oxygen atoms in total. The molecule has 0 N–H and O–H groups in total. The summed E-state index contributed by atoms with van der Waals surface area (Å²) in [4.78, 5) is 33.6. The Kier molecular flexibility index (Phi) is 6.22. The molecule has 0 fully saturated rings. The van der Waals surface area contributed by atoms with E-state index in [0.29, 0.717) is 52.6 Å². The van der Waals surface area contributed by atoms with Gasteiger partial charge in [-0.1, -0.05) is 19.1 Å². The molecule has 0 radical (unpaired) electrons. The minimum absolute atomic E-state index is 0.0377. The zero-order chi connectivity index (χ0) is 25.4. The van der Waals surface area contributed by atoms with Gasteiger partial charge in [-0.3, -0.25) is 14.5 Å². The fraction of sp³-hybridized carbons (Fsp3) is 0.276. The van der Waals surface area contributed by atoms with Crippen molar-refractivity contribution in [3.8, 4) is 11.5 Å². The van der Waals surface area contributed by atoms with Crippen LogP contribution in [0.5, 0.6) is 11.5 Å². The van der Waals surface area contributed by atoms with Gasteiger partial charge >= 0.3 is 0 Å². The maximum Gasteiger partial charge on any atom is 0.296 e. The number of fused-ring (bicyclic) bond motifs is 2. The van der Waals surface area contributed by atoms with Crippen molar-refractivity contribution in [1.29, 1.82) is 0 Å². The van der Waals surface area contributed by atoms with E-state index in [9.17, 15) is 9.59 Å². The van der Waals surface area contributed by atoms with Crippen molar-refractivity contribution < 1.29 is 18.7 Å². The Morgan fingerprint density at radius 2 is 1.78 bits per heavy atom. The van der Waals surface area contributed by atoms with Crippen LogP contribution in [-0.2, 0) is 0 Å². The standard InChI is InChI=1S/C29H28N2O5/c1-5-13-35-21-11-10-19(16-23(21)34-6-2)26-25-27(32)20-14-17(3)18(4)15-22(20)36-28(25)29(33)31(26)24-9-7-8-12-30-24/h7-12,14-16,26H,5-6,13H2,1-4H3. The van der Waals surface area contributed by atoms with Crippen molar-refractivity contribution in [3.63, 3.8) is 0 Å². The first kappa shape index (κ1) is 23.6. The number of rotatable bonds is 7. The Labute approximate surface area is 209 Å². The lowest BCUT2D eigenvalue weighted by Crippen LogP contribution is -2.30. The Hall–Kier alpha value is -4.13. The van der Waals surface area contributed by atoms with Gasteiger partial charge in [-0.15, -0.1) is 0 Å². The third-order valence-corrected chi connectivity index (χ3v) is 6.43. The third-order valence-electron chi connectivity index (χ3n) is 6.43. The van der Waals surface area contributed by atoms with Crippen LogP contribution in [0.1, 0.15) is 59.1 Å². The fourth-order valence-corrected chi connectivity index (χ4v) is 4.57. The molecule has 1 aliphatic rings. The molecular weight excluding hydrogens is 456 g/mol. The van der Waals surface area contributed by atoms with E-state index in [2.05, 4.69) is 4.98 Å². The quantitative estimate of drug-likeness (QED) is 0.333. The number of hydrogen-bond donors (Lipinski definition) is 0. The van der Waals surface area contributed by atoms with Crippen LogP contribution in [0.15, 0.2) is 63.9 Å². The molecule has 7 heteroatoms. The Morgan fingerprint density at radius 3 is 2.50 bits per heavy atom. The second-order valence-corrected chi connectivity index (χ2v) is 8.86. The molecule has 5 rings (SSSR count). The molecule has 36 heavy (non-hydrogen) atoms. The predicted octanol–water partition coefficient (Wildman–Crippen LogP) is 5.74. The summed E-state index contributed by atoms with van der Waals surface area (Å²) in [5.74, 6) is 1.24. The zero-order valence-corrected chi connectivity index (χ0v) is 20.8. The number of hydrogen-bond acceptors (Lipinski definition) is 6. The van der Waals surface area contributed by atoms with Gasteiger partial charge in [0.15, 0.2) is 16.9 Å². The Morgan fingerprint density at radius 1 is 0.972 bits per heavy atom. The average Bonchev–Trinajstić information content (AvgIpc) is 3.17. The molecular formula is C29H28N2O5. The molecule has 3 heterocycles. The third kappa shape index (κ3) is 3.90. The highest BCUT2D eigenvalue weighted by molar-refractivity contribution is 6.10. The van der Waals surface area contributed by atoms with Crippen LogP contribution in [0.2, 0.25) is 0 Å². The largest absolute Gasteiger partial charge is 0.490 e. The second kappa shape index (κ2) is 9.49. The normalized spacial score (nSPS) is 14.8. The number of carbonyl (C=O) groups excluding carboxylic acids is 1. The minimum atomic E-state index is -0.732. The molecule has 1 aliphatic heterocycles. The van der Waals surface area contributed by atoms with Gasteiger partial charge in [0, 0.05) is 6.20 Å². The van der Waals surface area contributed by atoms with E-state index in [4.69, 9.17) is 13.9 Å². The first-order valence-corrected chi connectivity index (χ1v) is 12.2. The van der Waals surface area contributed by atoms with Crippen molar-refractivity contribution >= 4 is 22.7 Å². The molecule has 2 aromatic heterocycles. The second-order valence-electron chi connectivity index (χ2n) is 8.86. The molecule has 0 aliphatic carbocycles. The lowest BCUT2D eigenvalue weighted by Gasteiger charge is -2.25. The number of pyridine rings is 1. The number of aryl methyl sites for hydroxylation is 2. The maximum atomic E-state index is 13.9. The smallest absolute Gasteiger partial charge is 0.296 e. The van der Waals surface area contributed by atoms with Crippen LogP contribution in [0.4, 0.5) is 5.82 Å². The van der Waals surface area contributed by atoms with Crippen LogP contribution in [0.25, 0.3) is 11.0 Å². The van der Waals surface area contributed by atoms with Gasteiger partial charge in [0.05, 0.1) is 30.2 Å². The maximum absolute atomic E-state index is 13.9. The van der Waals surface area contributed by atoms with Gasteiger partial charge in [-0.25, -0.2) is 4.98 Å². The number of aromatic nitrogens is 1. The highest BCUT2D eigenvalue weighted by Crippen LogP contribution is 2.43. The number of benzene rings is 2. The van der Waals surface area contributed by atoms with E-state index in [1.807, 2.05) is 58.0 Å². The first-order chi connectivity index (χ1) is 17.4. The first-order valence-electron chi connectivity index (χ1n) is 12.2. The molecule has 1 amide bonds. The summed E-state index contributed by atoms with van der Waals surface area (Å²) in [7, 11) is 0. The van der Waals surface area contributed by atoms with Gasteiger partial charge in [0.25, 0.3) is 5.91 Å². The van der Waals surface area contributed by atoms with E-state index < -0.39 is 11.9 Å². The van der Waals surface area contributed by atoms with E-state index in [0.717, 1.165) is 17.5 Å². The fourth-order valence-electron chi connectivity index (χ4n) is 4.57. The van der Waals surface area contributed by atoms with Gasteiger partial charge in [-0.05, 0) is 80.3 Å². The predicted molar refractivity (Wildman–Crippen MR) is 138 cm³/mol. The van der Waals surface area contributed by atoms with Crippen molar-refractivity contribution in [2.45, 2.75) is 40.2 Å². The summed E-state index contributed by atoms with van der Waals surface area (Å²) in [6, 6.07) is 13.8. The molecule has 0 saturated carbocycles. The number of carbonyl (C=O) groups is 1. The van der Waals surface area contributed by atoms with E-state index in [1.54, 1.807) is 24.4 Å². The van der Waals surface area contributed by atoms with Crippen molar-refractivity contribution in [2.75, 3.05) is 18.1 Å². The number of nitrogens with zero attached hydrogens (tertiary/aromatic N) is 2. The topological polar surface area (TPSA) is 81.9 Å². The van der Waals surface area contributed by atoms with Crippen LogP contribution < -0.4 is 19.8 Å². The molecule has 184 valence electrons. The van der Waals surface area contributed by atoms with Gasteiger partial charge in [-0.2, -0.15) is 0 Å². The summed E-state index contributed by atoms with van der Waals surface area (Å²) < 4.78 is 17.9. The van der Waals surface area contributed by atoms with E-state index >= 15 is 0 Å². The molecule has 1 unspecified atom stereocenters. The summed E-state index contributed by atoms with van der Waals surface area (Å²) in [6.07, 6.45) is 2.48. The monoisotopic (exact) mass is 484 g/mol. The van der Waals surface area contributed by atoms with Crippen molar-refractivity contribution in [1.82, 2.24) is 4.98 Å². The molecule has 2 aromatic carbocycles. The average molecular weight is 485 g/mol. The Balaban J connectivity index is 1.76. The zero-order valence-electron chi connectivity index (χ0n) is 20.8. The van der Waals surface area contributed by atoms with Crippen LogP contribution in [-0.4, -0.2) is 24.1 Å². The summed E-state index contributed by atoms with van der Waals surface area (Å²) in [5, 5.41) is 0.449. The van der Waals surface area contributed by atoms with Crippen LogP contribution >= 0.6 is 0 Å². The Bertz CT molecular complexity index is 1510. The lowest BCUT2D eigenvalue weighted by molar-refractivity contribution is 0.0970. The highest BCUT2D eigenvalue weighted by atomic mass is 16.5. The number of ether oxygens (including phenoxy) is 2. The summed E-state index contributed by atoms with van der Waals surface area (Å²) >= 11 is 0. The van der Waals surface area contributed by atoms with Crippen molar-refractivity contribution in [2.24, 2.45) is 0 Å². The molecule has 0 bridgehead atoms. The molecule has 0 spiro atoms. The number of amides is 1. The van der Waals surface area contributed by atoms with Gasteiger partial charge < -0.3 is 13.9 Å². The van der Waals surface area contributed by atoms with Gasteiger partial charge in [0.2, 0.25) is 5.76 Å². The van der Waals surface area contributed by atoms with Crippen LogP contribution in [0, 0.1) is 13.8 Å². The van der Waals surface area contributed by atoms with E-state index in [1.165, 1.54) is 4.90 Å². The summed E-state index contributed by atoms with van der Waals surface area (Å²) in [5.41, 5.74) is 3.14. The summed E-state index contributed by atoms with van der Waals surface area (Å²) in [6.45, 7) is 8.83. The molecule has 1 atom stereocenters.